The fraction of sp³-hybridized carbons (Fsp3) is 0.333. The minimum atomic E-state index is -1.71. The van der Waals surface area contributed by atoms with Gasteiger partial charge in [0.25, 0.3) is 11.7 Å². The third-order valence-corrected chi connectivity index (χ3v) is 2.92. The summed E-state index contributed by atoms with van der Waals surface area (Å²) in [5.41, 5.74) is -0.611. The summed E-state index contributed by atoms with van der Waals surface area (Å²) in [5.74, 6) is -1.42. The van der Waals surface area contributed by atoms with Gasteiger partial charge in [0, 0.05) is 12.1 Å². The maximum atomic E-state index is 11.8. The number of Topliss-reactive ketones (excluding diaryl/α,β-unsaturated/α-hetero) is 1. The van der Waals surface area contributed by atoms with Crippen molar-refractivity contribution < 1.29 is 14.7 Å². The molecule has 1 amide bonds. The van der Waals surface area contributed by atoms with Crippen LogP contribution in [0.15, 0.2) is 24.3 Å². The Kier molecular flexibility index (Phi) is 2.31. The van der Waals surface area contributed by atoms with E-state index in [1.54, 1.807) is 31.2 Å². The van der Waals surface area contributed by atoms with Crippen molar-refractivity contribution in [2.45, 2.75) is 19.4 Å². The number of rotatable bonds is 1. The standard InChI is InChI=1S/C12H13NO3/c1-3-13-9-7-5-4-6-8(9)12(2,16)10(14)11(13)15/h4-7,16H,3H2,1-2H3. The average Bonchev–Trinajstić information content (AvgIpc) is 2.28. The van der Waals surface area contributed by atoms with Crippen LogP contribution in [0.2, 0.25) is 0 Å². The second-order valence-corrected chi connectivity index (χ2v) is 3.97. The van der Waals surface area contributed by atoms with Crippen LogP contribution >= 0.6 is 0 Å². The number of hydrogen-bond donors (Lipinski definition) is 1. The summed E-state index contributed by atoms with van der Waals surface area (Å²) in [6, 6.07) is 6.92. The van der Waals surface area contributed by atoms with E-state index in [2.05, 4.69) is 0 Å². The zero-order valence-corrected chi connectivity index (χ0v) is 9.23. The van der Waals surface area contributed by atoms with Crippen molar-refractivity contribution >= 4 is 17.4 Å². The molecule has 0 aliphatic carbocycles. The highest BCUT2D eigenvalue weighted by molar-refractivity contribution is 6.45. The molecule has 1 atom stereocenters. The zero-order valence-electron chi connectivity index (χ0n) is 9.23. The second-order valence-electron chi connectivity index (χ2n) is 3.97. The Balaban J connectivity index is 2.69. The summed E-state index contributed by atoms with van der Waals surface area (Å²) in [4.78, 5) is 24.9. The first kappa shape index (κ1) is 10.8. The number of carbonyl (C=O) groups is 2. The van der Waals surface area contributed by atoms with E-state index in [9.17, 15) is 14.7 Å². The number of anilines is 1. The van der Waals surface area contributed by atoms with Crippen LogP contribution in [-0.4, -0.2) is 23.3 Å². The maximum Gasteiger partial charge on any atom is 0.297 e. The molecular weight excluding hydrogens is 206 g/mol. The molecule has 1 heterocycles. The summed E-state index contributed by atoms with van der Waals surface area (Å²) in [5, 5.41) is 10.1. The fourth-order valence-electron chi connectivity index (χ4n) is 2.00. The summed E-state index contributed by atoms with van der Waals surface area (Å²) in [6.07, 6.45) is 0. The lowest BCUT2D eigenvalue weighted by atomic mass is 9.85. The van der Waals surface area contributed by atoms with Gasteiger partial charge in [0.05, 0.1) is 5.69 Å². The van der Waals surface area contributed by atoms with E-state index in [1.165, 1.54) is 11.8 Å². The van der Waals surface area contributed by atoms with Crippen molar-refractivity contribution in [3.63, 3.8) is 0 Å². The second kappa shape index (κ2) is 3.42. The van der Waals surface area contributed by atoms with Gasteiger partial charge < -0.3 is 10.0 Å². The fourth-order valence-corrected chi connectivity index (χ4v) is 2.00. The van der Waals surface area contributed by atoms with Gasteiger partial charge in [0.15, 0.2) is 5.60 Å². The van der Waals surface area contributed by atoms with Crippen molar-refractivity contribution in [2.75, 3.05) is 11.4 Å². The maximum absolute atomic E-state index is 11.8. The molecule has 84 valence electrons. The number of carbonyl (C=O) groups excluding carboxylic acids is 2. The Morgan fingerprint density at radius 2 is 1.94 bits per heavy atom. The Hall–Kier alpha value is -1.68. The van der Waals surface area contributed by atoms with Crippen molar-refractivity contribution in [1.82, 2.24) is 0 Å². The molecule has 0 aromatic heterocycles. The third kappa shape index (κ3) is 1.27. The van der Waals surface area contributed by atoms with Crippen molar-refractivity contribution in [1.29, 1.82) is 0 Å². The molecule has 0 saturated carbocycles. The lowest BCUT2D eigenvalue weighted by molar-refractivity contribution is -0.148. The number of hydrogen-bond acceptors (Lipinski definition) is 3. The van der Waals surface area contributed by atoms with Gasteiger partial charge in [-0.2, -0.15) is 0 Å². The molecule has 1 aliphatic rings. The number of para-hydroxylation sites is 1. The number of ketones is 1. The van der Waals surface area contributed by atoms with Gasteiger partial charge in [-0.3, -0.25) is 9.59 Å². The normalized spacial score (nSPS) is 24.6. The van der Waals surface area contributed by atoms with Crippen LogP contribution in [0.25, 0.3) is 0 Å². The highest BCUT2D eigenvalue weighted by atomic mass is 16.3. The summed E-state index contributed by atoms with van der Waals surface area (Å²) in [6.45, 7) is 3.57. The SMILES string of the molecule is CCN1C(=O)C(=O)C(C)(O)c2ccccc21. The molecule has 1 aliphatic heterocycles. The van der Waals surface area contributed by atoms with E-state index in [0.717, 1.165) is 0 Å². The van der Waals surface area contributed by atoms with Crippen LogP contribution in [0.4, 0.5) is 5.69 Å². The van der Waals surface area contributed by atoms with Gasteiger partial charge in [-0.15, -0.1) is 0 Å². The van der Waals surface area contributed by atoms with E-state index >= 15 is 0 Å². The third-order valence-electron chi connectivity index (χ3n) is 2.92. The average molecular weight is 219 g/mol. The predicted molar refractivity (Wildman–Crippen MR) is 59.0 cm³/mol. The molecule has 0 radical (unpaired) electrons. The Bertz CT molecular complexity index is 465. The number of nitrogens with zero attached hydrogens (tertiary/aromatic N) is 1. The molecule has 0 fully saturated rings. The first-order valence-corrected chi connectivity index (χ1v) is 5.18. The molecule has 0 saturated heterocycles. The molecule has 2 rings (SSSR count). The van der Waals surface area contributed by atoms with Gasteiger partial charge >= 0.3 is 0 Å². The highest BCUT2D eigenvalue weighted by Crippen LogP contribution is 2.36. The van der Waals surface area contributed by atoms with Gasteiger partial charge in [-0.25, -0.2) is 0 Å². The molecule has 4 nitrogen and oxygen atoms in total. The molecule has 1 aromatic carbocycles. The largest absolute Gasteiger partial charge is 0.377 e. The van der Waals surface area contributed by atoms with Crippen LogP contribution in [0.5, 0.6) is 0 Å². The summed E-state index contributed by atoms with van der Waals surface area (Å²) in [7, 11) is 0. The monoisotopic (exact) mass is 219 g/mol. The minimum absolute atomic E-state index is 0.414. The van der Waals surface area contributed by atoms with E-state index in [1.807, 2.05) is 0 Å². The summed E-state index contributed by atoms with van der Waals surface area (Å²) < 4.78 is 0. The molecule has 16 heavy (non-hydrogen) atoms. The number of likely N-dealkylation sites (N-methyl/N-ethyl adjacent to an activating group) is 1. The van der Waals surface area contributed by atoms with Crippen molar-refractivity contribution in [3.8, 4) is 0 Å². The van der Waals surface area contributed by atoms with Crippen LogP contribution < -0.4 is 4.90 Å². The van der Waals surface area contributed by atoms with E-state index < -0.39 is 17.3 Å². The van der Waals surface area contributed by atoms with Crippen LogP contribution in [0.1, 0.15) is 19.4 Å². The van der Waals surface area contributed by atoms with Crippen molar-refractivity contribution in [2.24, 2.45) is 0 Å². The van der Waals surface area contributed by atoms with E-state index in [-0.39, 0.29) is 0 Å². The first-order chi connectivity index (χ1) is 7.50. The van der Waals surface area contributed by atoms with E-state index in [4.69, 9.17) is 0 Å². The molecule has 0 bridgehead atoms. The van der Waals surface area contributed by atoms with Gasteiger partial charge in [-0.1, -0.05) is 18.2 Å². The molecule has 0 spiro atoms. The topological polar surface area (TPSA) is 57.6 Å². The molecule has 1 N–H and O–H groups in total. The smallest absolute Gasteiger partial charge is 0.297 e. The number of benzene rings is 1. The Labute approximate surface area is 93.5 Å². The Morgan fingerprint density at radius 3 is 2.56 bits per heavy atom. The Morgan fingerprint density at radius 1 is 1.31 bits per heavy atom. The van der Waals surface area contributed by atoms with Crippen LogP contribution in [-0.2, 0) is 15.2 Å². The van der Waals surface area contributed by atoms with Crippen LogP contribution in [0, 0.1) is 0 Å². The number of amides is 1. The van der Waals surface area contributed by atoms with Gasteiger partial charge in [0.2, 0.25) is 0 Å². The lowest BCUT2D eigenvalue weighted by Crippen LogP contribution is -2.51. The zero-order chi connectivity index (χ0) is 11.9. The van der Waals surface area contributed by atoms with Crippen molar-refractivity contribution in [3.05, 3.63) is 29.8 Å². The lowest BCUT2D eigenvalue weighted by Gasteiger charge is -2.35. The first-order valence-electron chi connectivity index (χ1n) is 5.18. The molecule has 4 heteroatoms. The molecule has 1 aromatic rings. The highest BCUT2D eigenvalue weighted by Gasteiger charge is 2.46. The molecular formula is C12H13NO3. The summed E-state index contributed by atoms with van der Waals surface area (Å²) >= 11 is 0. The number of fused-ring (bicyclic) bond motifs is 1. The molecule has 1 unspecified atom stereocenters. The minimum Gasteiger partial charge on any atom is -0.377 e. The predicted octanol–water partition coefficient (Wildman–Crippen LogP) is 0.830. The van der Waals surface area contributed by atoms with Gasteiger partial charge in [-0.05, 0) is 19.9 Å². The van der Waals surface area contributed by atoms with E-state index in [0.29, 0.717) is 17.8 Å². The quantitative estimate of drug-likeness (QED) is 0.712. The van der Waals surface area contributed by atoms with Crippen LogP contribution in [0.3, 0.4) is 0 Å². The number of aliphatic hydroxyl groups is 1. The van der Waals surface area contributed by atoms with Gasteiger partial charge in [0.1, 0.15) is 0 Å².